The van der Waals surface area contributed by atoms with Gasteiger partial charge in [0.05, 0.1) is 30.2 Å². The number of carbonyl (C=O) groups is 2. The highest BCUT2D eigenvalue weighted by molar-refractivity contribution is 8.00. The Labute approximate surface area is 162 Å². The molecule has 6 nitrogen and oxygen atoms in total. The molecule has 1 aliphatic carbocycles. The van der Waals surface area contributed by atoms with Crippen LogP contribution in [0, 0.1) is 0 Å². The predicted molar refractivity (Wildman–Crippen MR) is 103 cm³/mol. The first-order chi connectivity index (χ1) is 13.1. The molecule has 0 spiro atoms. The first kappa shape index (κ1) is 19.5. The lowest BCUT2D eigenvalue weighted by Crippen LogP contribution is -2.38. The maximum Gasteiger partial charge on any atom is 0.252 e. The number of aliphatic hydroxyl groups excluding tert-OH is 1. The zero-order valence-corrected chi connectivity index (χ0v) is 15.8. The van der Waals surface area contributed by atoms with Crippen molar-refractivity contribution in [2.45, 2.75) is 49.3 Å². The van der Waals surface area contributed by atoms with E-state index < -0.39 is 0 Å². The largest absolute Gasteiger partial charge is 0.467 e. The van der Waals surface area contributed by atoms with Gasteiger partial charge in [0.15, 0.2) is 0 Å². The molecule has 0 aliphatic heterocycles. The number of aliphatic hydroxyl groups is 1. The van der Waals surface area contributed by atoms with E-state index in [1.807, 2.05) is 18.2 Å². The number of rotatable bonds is 7. The van der Waals surface area contributed by atoms with E-state index >= 15 is 0 Å². The van der Waals surface area contributed by atoms with Crippen LogP contribution in [0.3, 0.4) is 0 Å². The number of hydrogen-bond donors (Lipinski definition) is 3. The van der Waals surface area contributed by atoms with Crippen molar-refractivity contribution in [3.63, 3.8) is 0 Å². The van der Waals surface area contributed by atoms with Gasteiger partial charge < -0.3 is 20.2 Å². The van der Waals surface area contributed by atoms with E-state index in [1.165, 1.54) is 11.8 Å². The van der Waals surface area contributed by atoms with Gasteiger partial charge in [-0.2, -0.15) is 0 Å². The summed E-state index contributed by atoms with van der Waals surface area (Å²) in [7, 11) is 0. The number of amides is 2. The van der Waals surface area contributed by atoms with Crippen LogP contribution in [0.15, 0.2) is 52.0 Å². The molecular weight excluding hydrogens is 364 g/mol. The molecule has 2 amide bonds. The lowest BCUT2D eigenvalue weighted by molar-refractivity contribution is -0.118. The van der Waals surface area contributed by atoms with Gasteiger partial charge in [0.1, 0.15) is 5.76 Å². The number of carbonyl (C=O) groups excluding carboxylic acids is 2. The van der Waals surface area contributed by atoms with E-state index in [1.54, 1.807) is 24.5 Å². The molecule has 1 aliphatic rings. The summed E-state index contributed by atoms with van der Waals surface area (Å²) in [5, 5.41) is 15.4. The molecule has 2 aromatic rings. The fourth-order valence-corrected chi connectivity index (χ4v) is 3.94. The number of benzene rings is 1. The van der Waals surface area contributed by atoms with E-state index in [0.717, 1.165) is 30.6 Å². The van der Waals surface area contributed by atoms with Crippen LogP contribution in [0.25, 0.3) is 0 Å². The summed E-state index contributed by atoms with van der Waals surface area (Å²) < 4.78 is 5.19. The normalized spacial score (nSPS) is 19.4. The quantitative estimate of drug-likeness (QED) is 0.635. The van der Waals surface area contributed by atoms with Crippen LogP contribution in [0.1, 0.15) is 41.8 Å². The summed E-state index contributed by atoms with van der Waals surface area (Å²) in [5.74, 6) is 0.676. The van der Waals surface area contributed by atoms with Crippen molar-refractivity contribution < 1.29 is 19.1 Å². The zero-order chi connectivity index (χ0) is 19.1. The van der Waals surface area contributed by atoms with Crippen LogP contribution in [-0.2, 0) is 11.3 Å². The lowest BCUT2D eigenvalue weighted by atomic mass is 9.93. The summed E-state index contributed by atoms with van der Waals surface area (Å²) in [6, 6.07) is 11.0. The van der Waals surface area contributed by atoms with Crippen molar-refractivity contribution in [1.29, 1.82) is 0 Å². The summed E-state index contributed by atoms with van der Waals surface area (Å²) in [4.78, 5) is 25.5. The second kappa shape index (κ2) is 9.62. The average molecular weight is 388 g/mol. The Kier molecular flexibility index (Phi) is 6.95. The lowest BCUT2D eigenvalue weighted by Gasteiger charge is -2.26. The van der Waals surface area contributed by atoms with Gasteiger partial charge in [-0.25, -0.2) is 0 Å². The molecule has 0 saturated heterocycles. The first-order valence-electron chi connectivity index (χ1n) is 9.11. The fourth-order valence-electron chi connectivity index (χ4n) is 3.06. The standard InChI is InChI=1S/C20H24N2O4S/c23-15-9-7-14(8-10-15)22-20(25)17-5-1-2-6-18(17)27-13-19(24)21-12-16-4-3-11-26-16/h1-6,11,14-15,23H,7-10,12-13H2,(H,21,24)(H,22,25). The summed E-state index contributed by atoms with van der Waals surface area (Å²) in [6.07, 6.45) is 4.34. The Balaban J connectivity index is 1.52. The Morgan fingerprint density at radius 3 is 2.63 bits per heavy atom. The van der Waals surface area contributed by atoms with Crippen LogP contribution < -0.4 is 10.6 Å². The zero-order valence-electron chi connectivity index (χ0n) is 15.0. The van der Waals surface area contributed by atoms with Crippen molar-refractivity contribution in [1.82, 2.24) is 10.6 Å². The number of nitrogens with one attached hydrogen (secondary N) is 2. The molecule has 1 fully saturated rings. The number of hydrogen-bond acceptors (Lipinski definition) is 5. The Bertz CT molecular complexity index is 755. The minimum Gasteiger partial charge on any atom is -0.467 e. The molecule has 0 atom stereocenters. The molecule has 0 unspecified atom stereocenters. The maximum atomic E-state index is 12.6. The van der Waals surface area contributed by atoms with Crippen LogP contribution in [0.4, 0.5) is 0 Å². The summed E-state index contributed by atoms with van der Waals surface area (Å²) in [5.41, 5.74) is 0.576. The molecular formula is C20H24N2O4S. The number of furan rings is 1. The van der Waals surface area contributed by atoms with E-state index in [2.05, 4.69) is 10.6 Å². The van der Waals surface area contributed by atoms with Gasteiger partial charge in [-0.1, -0.05) is 12.1 Å². The Morgan fingerprint density at radius 2 is 1.89 bits per heavy atom. The predicted octanol–water partition coefficient (Wildman–Crippen LogP) is 2.72. The highest BCUT2D eigenvalue weighted by Crippen LogP contribution is 2.24. The Hall–Kier alpha value is -2.25. The third-order valence-corrected chi connectivity index (χ3v) is 5.64. The minimum atomic E-state index is -0.249. The van der Waals surface area contributed by atoms with Crippen LogP contribution in [-0.4, -0.2) is 34.8 Å². The van der Waals surface area contributed by atoms with Gasteiger partial charge in [0.25, 0.3) is 5.91 Å². The topological polar surface area (TPSA) is 91.6 Å². The second-order valence-corrected chi connectivity index (χ2v) is 7.64. The Morgan fingerprint density at radius 1 is 1.11 bits per heavy atom. The van der Waals surface area contributed by atoms with Crippen LogP contribution >= 0.6 is 11.8 Å². The SMILES string of the molecule is O=C(CSc1ccccc1C(=O)NC1CCC(O)CC1)NCc1ccco1. The van der Waals surface area contributed by atoms with Crippen molar-refractivity contribution >= 4 is 23.6 Å². The molecule has 0 bridgehead atoms. The van der Waals surface area contributed by atoms with Gasteiger partial charge in [-0.15, -0.1) is 11.8 Å². The average Bonchev–Trinajstić information content (AvgIpc) is 3.20. The third kappa shape index (κ3) is 5.87. The van der Waals surface area contributed by atoms with Crippen molar-refractivity contribution in [3.05, 3.63) is 54.0 Å². The van der Waals surface area contributed by atoms with Gasteiger partial charge in [-0.3, -0.25) is 9.59 Å². The molecule has 3 rings (SSSR count). The van der Waals surface area contributed by atoms with Crippen molar-refractivity contribution in [2.24, 2.45) is 0 Å². The summed E-state index contributed by atoms with van der Waals surface area (Å²) in [6.45, 7) is 0.349. The molecule has 7 heteroatoms. The first-order valence-corrected chi connectivity index (χ1v) is 10.1. The maximum absolute atomic E-state index is 12.6. The highest BCUT2D eigenvalue weighted by Gasteiger charge is 2.22. The van der Waals surface area contributed by atoms with E-state index in [0.29, 0.717) is 17.9 Å². The van der Waals surface area contributed by atoms with E-state index in [4.69, 9.17) is 4.42 Å². The molecule has 27 heavy (non-hydrogen) atoms. The molecule has 1 aromatic heterocycles. The van der Waals surface area contributed by atoms with Crippen LogP contribution in [0.2, 0.25) is 0 Å². The molecule has 1 saturated carbocycles. The molecule has 1 heterocycles. The van der Waals surface area contributed by atoms with E-state index in [9.17, 15) is 14.7 Å². The monoisotopic (exact) mass is 388 g/mol. The smallest absolute Gasteiger partial charge is 0.252 e. The minimum absolute atomic E-state index is 0.0931. The molecule has 0 radical (unpaired) electrons. The van der Waals surface area contributed by atoms with E-state index in [-0.39, 0.29) is 29.7 Å². The molecule has 3 N–H and O–H groups in total. The number of thioether (sulfide) groups is 1. The van der Waals surface area contributed by atoms with Crippen molar-refractivity contribution in [3.8, 4) is 0 Å². The second-order valence-electron chi connectivity index (χ2n) is 6.62. The van der Waals surface area contributed by atoms with Gasteiger partial charge >= 0.3 is 0 Å². The van der Waals surface area contributed by atoms with Gasteiger partial charge in [0, 0.05) is 10.9 Å². The fraction of sp³-hybridized carbons (Fsp3) is 0.400. The van der Waals surface area contributed by atoms with Gasteiger partial charge in [0.2, 0.25) is 5.91 Å². The molecule has 144 valence electrons. The highest BCUT2D eigenvalue weighted by atomic mass is 32.2. The van der Waals surface area contributed by atoms with Crippen LogP contribution in [0.5, 0.6) is 0 Å². The van der Waals surface area contributed by atoms with Gasteiger partial charge in [-0.05, 0) is 49.9 Å². The summed E-state index contributed by atoms with van der Waals surface area (Å²) >= 11 is 1.34. The van der Waals surface area contributed by atoms with Crippen molar-refractivity contribution in [2.75, 3.05) is 5.75 Å². The molecule has 1 aromatic carbocycles. The third-order valence-electron chi connectivity index (χ3n) is 4.56.